The minimum Gasteiger partial charge on any atom is -0.494 e. The standard InChI is InChI=1S/C25H25BrF2N7O2P/c1-35-22-15(11-31-35)14-9-19(20(37-2)10-18(14)30-13-25(22,27)28)33-24-29-12-16(26)23(34-24)32-17-7-5-6-8-21(17)38(3,4)36/h5-12,30H,13H2,1-4H3,(H2,29,32,33,34). The van der Waals surface area contributed by atoms with Gasteiger partial charge in [-0.15, -0.1) is 0 Å². The number of hydrogen-bond acceptors (Lipinski definition) is 8. The van der Waals surface area contributed by atoms with Crippen LogP contribution in [0.15, 0.2) is 53.3 Å². The third-order valence-corrected chi connectivity index (χ3v) is 8.27. The number of nitrogens with one attached hydrogen (secondary N) is 3. The zero-order chi connectivity index (χ0) is 27.2. The van der Waals surface area contributed by atoms with E-state index in [-0.39, 0.29) is 11.6 Å². The lowest BCUT2D eigenvalue weighted by molar-refractivity contribution is 0.00329. The summed E-state index contributed by atoms with van der Waals surface area (Å²) in [5, 5.41) is 14.0. The summed E-state index contributed by atoms with van der Waals surface area (Å²) in [5.41, 5.74) is 2.34. The molecule has 0 bridgehead atoms. The van der Waals surface area contributed by atoms with E-state index in [4.69, 9.17) is 4.74 Å². The van der Waals surface area contributed by atoms with E-state index in [1.165, 1.54) is 25.0 Å². The lowest BCUT2D eigenvalue weighted by Crippen LogP contribution is -2.26. The van der Waals surface area contributed by atoms with Gasteiger partial charge in [0.25, 0.3) is 0 Å². The lowest BCUT2D eigenvalue weighted by Gasteiger charge is -2.17. The van der Waals surface area contributed by atoms with Gasteiger partial charge < -0.3 is 25.3 Å². The Morgan fingerprint density at radius 1 is 1.13 bits per heavy atom. The molecule has 1 aliphatic rings. The first kappa shape index (κ1) is 26.1. The highest BCUT2D eigenvalue weighted by Gasteiger charge is 2.40. The molecule has 0 aliphatic carbocycles. The summed E-state index contributed by atoms with van der Waals surface area (Å²) in [5.74, 6) is -2.02. The van der Waals surface area contributed by atoms with Crippen LogP contribution in [0.3, 0.4) is 0 Å². The van der Waals surface area contributed by atoms with Crippen molar-refractivity contribution in [3.63, 3.8) is 0 Å². The van der Waals surface area contributed by atoms with Crippen molar-refractivity contribution >= 4 is 57.2 Å². The van der Waals surface area contributed by atoms with E-state index in [2.05, 4.69) is 46.9 Å². The number of halogens is 3. The molecule has 2 aromatic carbocycles. The van der Waals surface area contributed by atoms with Crippen LogP contribution >= 0.6 is 23.1 Å². The number of benzene rings is 2. The summed E-state index contributed by atoms with van der Waals surface area (Å²) in [6.45, 7) is 2.84. The number of aryl methyl sites for hydroxylation is 1. The first-order valence-corrected chi connectivity index (χ1v) is 14.9. The second kappa shape index (κ2) is 9.67. The van der Waals surface area contributed by atoms with Crippen molar-refractivity contribution in [2.24, 2.45) is 7.05 Å². The molecule has 0 amide bonds. The number of methoxy groups -OCH3 is 1. The van der Waals surface area contributed by atoms with Crippen molar-refractivity contribution in [2.45, 2.75) is 5.92 Å². The molecule has 4 aromatic rings. The summed E-state index contributed by atoms with van der Waals surface area (Å²) in [6, 6.07) is 10.7. The van der Waals surface area contributed by atoms with Crippen molar-refractivity contribution in [2.75, 3.05) is 42.9 Å². The molecule has 3 N–H and O–H groups in total. The fourth-order valence-electron chi connectivity index (χ4n) is 4.39. The Morgan fingerprint density at radius 2 is 1.89 bits per heavy atom. The highest BCUT2D eigenvalue weighted by molar-refractivity contribution is 9.10. The van der Waals surface area contributed by atoms with E-state index in [0.29, 0.717) is 49.5 Å². The van der Waals surface area contributed by atoms with Gasteiger partial charge in [0.15, 0.2) is 0 Å². The van der Waals surface area contributed by atoms with Crippen molar-refractivity contribution < 1.29 is 18.1 Å². The molecule has 38 heavy (non-hydrogen) atoms. The van der Waals surface area contributed by atoms with Gasteiger partial charge in [-0.3, -0.25) is 4.68 Å². The minimum absolute atomic E-state index is 0.172. The summed E-state index contributed by atoms with van der Waals surface area (Å²) >= 11 is 3.47. The fourth-order valence-corrected chi connectivity index (χ4v) is 5.83. The molecule has 0 radical (unpaired) electrons. The van der Waals surface area contributed by atoms with E-state index in [9.17, 15) is 13.3 Å². The van der Waals surface area contributed by atoms with Gasteiger partial charge >= 0.3 is 5.92 Å². The molecule has 13 heteroatoms. The van der Waals surface area contributed by atoms with Crippen LogP contribution in [0.1, 0.15) is 5.69 Å². The van der Waals surface area contributed by atoms with Gasteiger partial charge in [-0.05, 0) is 47.5 Å². The molecule has 0 unspecified atom stereocenters. The maximum atomic E-state index is 14.9. The molecule has 1 aliphatic heterocycles. The smallest absolute Gasteiger partial charge is 0.306 e. The monoisotopic (exact) mass is 603 g/mol. The van der Waals surface area contributed by atoms with Crippen LogP contribution in [0.2, 0.25) is 0 Å². The Balaban J connectivity index is 1.53. The second-order valence-electron chi connectivity index (χ2n) is 9.19. The summed E-state index contributed by atoms with van der Waals surface area (Å²) in [4.78, 5) is 8.94. The van der Waals surface area contributed by atoms with E-state index in [0.717, 1.165) is 0 Å². The van der Waals surface area contributed by atoms with Gasteiger partial charge in [0.1, 0.15) is 24.4 Å². The number of hydrogen-bond donors (Lipinski definition) is 3. The number of anilines is 5. The van der Waals surface area contributed by atoms with Crippen LogP contribution in [0.25, 0.3) is 11.1 Å². The van der Waals surface area contributed by atoms with Crippen molar-refractivity contribution in [1.82, 2.24) is 19.7 Å². The van der Waals surface area contributed by atoms with Crippen LogP contribution in [0, 0.1) is 0 Å². The molecule has 0 saturated carbocycles. The van der Waals surface area contributed by atoms with Crippen LogP contribution in [-0.2, 0) is 17.5 Å². The van der Waals surface area contributed by atoms with E-state index >= 15 is 0 Å². The molecular weight excluding hydrogens is 579 g/mol. The third-order valence-electron chi connectivity index (χ3n) is 6.14. The topological polar surface area (TPSA) is 106 Å². The minimum atomic E-state index is -3.12. The van der Waals surface area contributed by atoms with Gasteiger partial charge in [-0.2, -0.15) is 18.9 Å². The predicted molar refractivity (Wildman–Crippen MR) is 149 cm³/mol. The number of nitrogens with zero attached hydrogens (tertiary/aromatic N) is 4. The average Bonchev–Trinajstić information content (AvgIpc) is 3.22. The van der Waals surface area contributed by atoms with Crippen LogP contribution in [0.4, 0.5) is 37.6 Å². The molecular formula is C25H25BrF2N7O2P. The molecule has 3 heterocycles. The first-order chi connectivity index (χ1) is 18.0. The van der Waals surface area contributed by atoms with Gasteiger partial charge in [0, 0.05) is 41.4 Å². The third kappa shape index (κ3) is 4.86. The molecule has 0 atom stereocenters. The molecule has 2 aromatic heterocycles. The maximum absolute atomic E-state index is 14.9. The SMILES string of the molecule is COc1cc2c(cc1Nc1ncc(Br)c(Nc3ccccc3P(C)(C)=O)n1)-c1cnn(C)c1C(F)(F)CN2. The van der Waals surface area contributed by atoms with E-state index in [1.807, 2.05) is 24.3 Å². The van der Waals surface area contributed by atoms with Crippen molar-refractivity contribution in [1.29, 1.82) is 0 Å². The molecule has 0 spiro atoms. The first-order valence-electron chi connectivity index (χ1n) is 11.6. The molecule has 0 fully saturated rings. The maximum Gasteiger partial charge on any atom is 0.306 e. The lowest BCUT2D eigenvalue weighted by atomic mass is 10.0. The highest BCUT2D eigenvalue weighted by atomic mass is 79.9. The van der Waals surface area contributed by atoms with E-state index < -0.39 is 19.6 Å². The van der Waals surface area contributed by atoms with E-state index in [1.54, 1.807) is 31.7 Å². The number of fused-ring (bicyclic) bond motifs is 3. The zero-order valence-corrected chi connectivity index (χ0v) is 23.5. The van der Waals surface area contributed by atoms with Crippen LogP contribution < -0.4 is 26.0 Å². The number of para-hydroxylation sites is 1. The Morgan fingerprint density at radius 3 is 2.63 bits per heavy atom. The highest BCUT2D eigenvalue weighted by Crippen LogP contribution is 2.46. The molecule has 9 nitrogen and oxygen atoms in total. The second-order valence-corrected chi connectivity index (χ2v) is 13.2. The fraction of sp³-hybridized carbons (Fsp3) is 0.240. The van der Waals surface area contributed by atoms with Crippen LogP contribution in [0.5, 0.6) is 5.75 Å². The molecule has 5 rings (SSSR count). The molecule has 0 saturated heterocycles. The van der Waals surface area contributed by atoms with Crippen molar-refractivity contribution in [3.05, 3.63) is 59.0 Å². The van der Waals surface area contributed by atoms with Gasteiger partial charge in [-0.1, -0.05) is 12.1 Å². The Labute approximate surface area is 226 Å². The summed E-state index contributed by atoms with van der Waals surface area (Å²) in [6.07, 6.45) is 3.01. The summed E-state index contributed by atoms with van der Waals surface area (Å²) < 4.78 is 49.9. The van der Waals surface area contributed by atoms with Gasteiger partial charge in [-0.25, -0.2) is 4.98 Å². The van der Waals surface area contributed by atoms with Crippen LogP contribution in [-0.4, -0.2) is 46.7 Å². The normalized spacial score (nSPS) is 14.1. The summed E-state index contributed by atoms with van der Waals surface area (Å²) in [7, 11) is 0.439. The Hall–Kier alpha value is -3.50. The number of alkyl halides is 2. The predicted octanol–water partition coefficient (Wildman–Crippen LogP) is 5.90. The van der Waals surface area contributed by atoms with Gasteiger partial charge in [0.05, 0.1) is 35.7 Å². The quantitative estimate of drug-likeness (QED) is 0.234. The van der Waals surface area contributed by atoms with Crippen molar-refractivity contribution in [3.8, 4) is 16.9 Å². The number of ether oxygens (including phenoxy) is 1. The Bertz CT molecular complexity index is 1590. The molecule has 198 valence electrons. The number of rotatable bonds is 6. The largest absolute Gasteiger partial charge is 0.494 e. The zero-order valence-electron chi connectivity index (χ0n) is 21.0. The Kier molecular flexibility index (Phi) is 6.65. The van der Waals surface area contributed by atoms with Gasteiger partial charge in [0.2, 0.25) is 5.95 Å². The number of aromatic nitrogens is 4. The average molecular weight is 604 g/mol.